The predicted molar refractivity (Wildman–Crippen MR) is 111 cm³/mol. The summed E-state index contributed by atoms with van der Waals surface area (Å²) in [5.41, 5.74) is 7.69. The van der Waals surface area contributed by atoms with Gasteiger partial charge in [0.25, 0.3) is 0 Å². The minimum absolute atomic E-state index is 0.0442. The van der Waals surface area contributed by atoms with E-state index in [1.807, 2.05) is 32.8 Å². The van der Waals surface area contributed by atoms with E-state index < -0.39 is 6.61 Å². The molecule has 0 atom stereocenters. The van der Waals surface area contributed by atoms with Gasteiger partial charge in [0.05, 0.1) is 5.69 Å². The number of hydrogen-bond acceptors (Lipinski definition) is 5. The standard InChI is InChI=1S/C18H19F2N5O.C2H6/c1-25(2)17-10-14(7-8-23-17)24-16(22)9-13(11-21)12-3-5-15(6-4-12)26-18(19)20;1-2/h3-11,18,21H,1-2H3,(H2,22,23,24);1-2H3/b13-9+,21-11?;. The van der Waals surface area contributed by atoms with Gasteiger partial charge in [0.1, 0.15) is 17.4 Å². The van der Waals surface area contributed by atoms with E-state index in [1.54, 1.807) is 30.5 Å². The van der Waals surface area contributed by atoms with Crippen LogP contribution in [0.4, 0.5) is 20.3 Å². The number of halogens is 2. The van der Waals surface area contributed by atoms with Crippen molar-refractivity contribution >= 4 is 29.1 Å². The monoisotopic (exact) mass is 389 g/mol. The Hall–Kier alpha value is -3.29. The molecule has 0 radical (unpaired) electrons. The molecule has 2 rings (SSSR count). The SMILES string of the molecule is CC.CN(C)c1cc(N=C(N)/C=C(\C=N)c2ccc(OC(F)F)cc2)ccn1. The number of aliphatic imine (C=N–C) groups is 1. The zero-order chi connectivity index (χ0) is 21.1. The molecule has 0 unspecified atom stereocenters. The van der Waals surface area contributed by atoms with E-state index in [0.29, 0.717) is 16.8 Å². The van der Waals surface area contributed by atoms with Crippen molar-refractivity contribution < 1.29 is 13.5 Å². The van der Waals surface area contributed by atoms with Crippen LogP contribution in [0.15, 0.2) is 53.7 Å². The zero-order valence-electron chi connectivity index (χ0n) is 16.4. The molecule has 0 saturated heterocycles. The fraction of sp³-hybridized carbons (Fsp3) is 0.250. The van der Waals surface area contributed by atoms with Crippen LogP contribution in [0, 0.1) is 5.41 Å². The van der Waals surface area contributed by atoms with Gasteiger partial charge in [0.2, 0.25) is 0 Å². The Bertz CT molecular complexity index is 818. The van der Waals surface area contributed by atoms with Gasteiger partial charge in [-0.2, -0.15) is 8.78 Å². The number of amidine groups is 1. The minimum atomic E-state index is -2.88. The maximum atomic E-state index is 12.2. The third kappa shape index (κ3) is 7.14. The van der Waals surface area contributed by atoms with Crippen molar-refractivity contribution in [2.75, 3.05) is 19.0 Å². The summed E-state index contributed by atoms with van der Waals surface area (Å²) in [6.45, 7) is 1.12. The van der Waals surface area contributed by atoms with Crippen LogP contribution in [0.3, 0.4) is 0 Å². The van der Waals surface area contributed by atoms with Crippen molar-refractivity contribution in [3.8, 4) is 5.75 Å². The van der Waals surface area contributed by atoms with Crippen LogP contribution < -0.4 is 15.4 Å². The highest BCUT2D eigenvalue weighted by Crippen LogP contribution is 2.20. The van der Waals surface area contributed by atoms with Gasteiger partial charge < -0.3 is 20.8 Å². The second kappa shape index (κ2) is 11.4. The first-order valence-corrected chi connectivity index (χ1v) is 8.64. The number of nitrogens with two attached hydrogens (primary N) is 1. The third-order valence-electron chi connectivity index (χ3n) is 3.32. The number of hydrogen-bond donors (Lipinski definition) is 2. The number of nitrogens with zero attached hydrogens (tertiary/aromatic N) is 3. The quantitative estimate of drug-likeness (QED) is 0.539. The largest absolute Gasteiger partial charge is 0.435 e. The van der Waals surface area contributed by atoms with Crippen molar-refractivity contribution in [1.29, 1.82) is 5.41 Å². The van der Waals surface area contributed by atoms with Crippen LogP contribution in [0.2, 0.25) is 0 Å². The highest BCUT2D eigenvalue weighted by molar-refractivity contribution is 6.16. The van der Waals surface area contributed by atoms with Gasteiger partial charge in [-0.05, 0) is 29.8 Å². The van der Waals surface area contributed by atoms with Crippen LogP contribution in [0.5, 0.6) is 5.75 Å². The predicted octanol–water partition coefficient (Wildman–Crippen LogP) is 4.50. The zero-order valence-corrected chi connectivity index (χ0v) is 16.4. The number of rotatable bonds is 7. The van der Waals surface area contributed by atoms with E-state index >= 15 is 0 Å². The lowest BCUT2D eigenvalue weighted by Gasteiger charge is -2.10. The molecule has 8 heteroatoms. The van der Waals surface area contributed by atoms with Gasteiger partial charge in [-0.15, -0.1) is 0 Å². The lowest BCUT2D eigenvalue weighted by atomic mass is 10.1. The van der Waals surface area contributed by atoms with E-state index in [2.05, 4.69) is 14.7 Å². The van der Waals surface area contributed by atoms with Crippen LogP contribution in [0.25, 0.3) is 5.57 Å². The van der Waals surface area contributed by atoms with Crippen molar-refractivity contribution in [3.05, 3.63) is 54.2 Å². The van der Waals surface area contributed by atoms with Gasteiger partial charge in [-0.1, -0.05) is 26.0 Å². The summed E-state index contributed by atoms with van der Waals surface area (Å²) in [5, 5.41) is 7.56. The molecule has 6 nitrogen and oxygen atoms in total. The first-order chi connectivity index (χ1) is 13.4. The average Bonchev–Trinajstić information content (AvgIpc) is 2.68. The molecule has 1 heterocycles. The minimum Gasteiger partial charge on any atom is -0.435 e. The topological polar surface area (TPSA) is 87.6 Å². The first-order valence-electron chi connectivity index (χ1n) is 8.64. The molecule has 0 fully saturated rings. The molecule has 0 saturated carbocycles. The molecular weight excluding hydrogens is 364 g/mol. The van der Waals surface area contributed by atoms with Crippen molar-refractivity contribution in [3.63, 3.8) is 0 Å². The molecule has 0 amide bonds. The van der Waals surface area contributed by atoms with Crippen molar-refractivity contribution in [1.82, 2.24) is 4.98 Å². The van der Waals surface area contributed by atoms with Crippen molar-refractivity contribution in [2.24, 2.45) is 10.7 Å². The fourth-order valence-electron chi connectivity index (χ4n) is 2.10. The molecule has 150 valence electrons. The fourth-order valence-corrected chi connectivity index (χ4v) is 2.10. The highest BCUT2D eigenvalue weighted by Gasteiger charge is 2.06. The molecule has 3 N–H and O–H groups in total. The number of aromatic nitrogens is 1. The molecule has 28 heavy (non-hydrogen) atoms. The molecule has 1 aromatic heterocycles. The summed E-state index contributed by atoms with van der Waals surface area (Å²) < 4.78 is 28.7. The summed E-state index contributed by atoms with van der Waals surface area (Å²) >= 11 is 0. The van der Waals surface area contributed by atoms with Crippen LogP contribution in [-0.2, 0) is 0 Å². The second-order valence-electron chi connectivity index (χ2n) is 5.45. The lowest BCUT2D eigenvalue weighted by Crippen LogP contribution is -2.11. The Labute approximate surface area is 163 Å². The van der Waals surface area contributed by atoms with Crippen LogP contribution in [0.1, 0.15) is 19.4 Å². The van der Waals surface area contributed by atoms with Crippen LogP contribution in [-0.4, -0.2) is 37.7 Å². The maximum absolute atomic E-state index is 12.2. The normalized spacial score (nSPS) is 11.5. The Morgan fingerprint density at radius 2 is 1.86 bits per heavy atom. The van der Waals surface area contributed by atoms with Gasteiger partial charge in [-0.25, -0.2) is 9.98 Å². The highest BCUT2D eigenvalue weighted by atomic mass is 19.3. The summed E-state index contributed by atoms with van der Waals surface area (Å²) in [7, 11) is 3.74. The van der Waals surface area contributed by atoms with Gasteiger partial charge in [-0.3, -0.25) is 0 Å². The van der Waals surface area contributed by atoms with E-state index in [9.17, 15) is 8.78 Å². The summed E-state index contributed by atoms with van der Waals surface area (Å²) in [4.78, 5) is 10.3. The van der Waals surface area contributed by atoms with Crippen LogP contribution >= 0.6 is 0 Å². The van der Waals surface area contributed by atoms with E-state index in [1.165, 1.54) is 18.2 Å². The molecule has 0 aliphatic carbocycles. The van der Waals surface area contributed by atoms with E-state index in [-0.39, 0.29) is 11.6 Å². The summed E-state index contributed by atoms with van der Waals surface area (Å²) in [5.74, 6) is 0.986. The van der Waals surface area contributed by atoms with Gasteiger partial charge >= 0.3 is 6.61 Å². The third-order valence-corrected chi connectivity index (χ3v) is 3.32. The number of pyridine rings is 1. The van der Waals surface area contributed by atoms with Crippen molar-refractivity contribution in [2.45, 2.75) is 20.5 Å². The van der Waals surface area contributed by atoms with Gasteiger partial charge in [0.15, 0.2) is 0 Å². The van der Waals surface area contributed by atoms with E-state index in [0.717, 1.165) is 12.0 Å². The summed E-state index contributed by atoms with van der Waals surface area (Å²) in [6.07, 6.45) is 4.28. The number of allylic oxidation sites excluding steroid dienone is 1. The van der Waals surface area contributed by atoms with E-state index in [4.69, 9.17) is 11.1 Å². The average molecular weight is 389 g/mol. The molecule has 1 aromatic carbocycles. The molecule has 0 bridgehead atoms. The Kier molecular flexibility index (Phi) is 9.29. The number of nitrogens with one attached hydrogen (secondary N) is 1. The molecule has 0 spiro atoms. The second-order valence-corrected chi connectivity index (χ2v) is 5.45. The first kappa shape index (κ1) is 22.8. The molecule has 0 aliphatic rings. The lowest BCUT2D eigenvalue weighted by molar-refractivity contribution is -0.0498. The molecular formula is C20H25F2N5O. The number of benzene rings is 1. The molecule has 0 aliphatic heterocycles. The molecule has 2 aromatic rings. The number of ether oxygens (including phenoxy) is 1. The smallest absolute Gasteiger partial charge is 0.387 e. The number of anilines is 1. The Morgan fingerprint density at radius 3 is 2.39 bits per heavy atom. The number of alkyl halides is 2. The Morgan fingerprint density at radius 1 is 1.21 bits per heavy atom. The van der Waals surface area contributed by atoms with Gasteiger partial charge in [0, 0.05) is 38.1 Å². The summed E-state index contributed by atoms with van der Waals surface area (Å²) in [6, 6.07) is 9.43. The maximum Gasteiger partial charge on any atom is 0.387 e. The Balaban J connectivity index is 0.00000190.